The third-order valence-electron chi connectivity index (χ3n) is 3.14. The van der Waals surface area contributed by atoms with Crippen molar-refractivity contribution in [2.75, 3.05) is 6.54 Å². The van der Waals surface area contributed by atoms with Gasteiger partial charge in [0.2, 0.25) is 0 Å². The molecule has 0 radical (unpaired) electrons. The van der Waals surface area contributed by atoms with Crippen LogP contribution in [0.3, 0.4) is 0 Å². The minimum absolute atomic E-state index is 0.197. The van der Waals surface area contributed by atoms with Crippen molar-refractivity contribution in [3.8, 4) is 0 Å². The van der Waals surface area contributed by atoms with Crippen LogP contribution in [-0.2, 0) is 6.42 Å². The normalized spacial score (nSPS) is 12.8. The quantitative estimate of drug-likeness (QED) is 0.857. The maximum absolute atomic E-state index is 13.0. The lowest BCUT2D eigenvalue weighted by Crippen LogP contribution is -2.28. The van der Waals surface area contributed by atoms with Crippen molar-refractivity contribution >= 4 is 0 Å². The fraction of sp³-hybridized carbons (Fsp3) is 0.375. The second-order valence-corrected chi connectivity index (χ2v) is 5.09. The molecule has 3 heteroatoms. The molecule has 1 heterocycles. The number of hydrogen-bond acceptors (Lipinski definition) is 2. The van der Waals surface area contributed by atoms with E-state index in [-0.39, 0.29) is 11.7 Å². The molecule has 2 nitrogen and oxygen atoms in total. The van der Waals surface area contributed by atoms with Gasteiger partial charge in [-0.3, -0.25) is 0 Å². The molecule has 102 valence electrons. The number of rotatable bonds is 6. The molecule has 1 atom stereocenters. The molecule has 0 aliphatic heterocycles. The maximum atomic E-state index is 13.0. The van der Waals surface area contributed by atoms with Gasteiger partial charge in [0.15, 0.2) is 0 Å². The summed E-state index contributed by atoms with van der Waals surface area (Å²) in [6.45, 7) is 5.09. The van der Waals surface area contributed by atoms with Gasteiger partial charge >= 0.3 is 0 Å². The summed E-state index contributed by atoms with van der Waals surface area (Å²) in [6, 6.07) is 11.0. The fourth-order valence-electron chi connectivity index (χ4n) is 2.09. The van der Waals surface area contributed by atoms with Gasteiger partial charge in [-0.2, -0.15) is 0 Å². The molecule has 0 aliphatic carbocycles. The van der Waals surface area contributed by atoms with Crippen LogP contribution in [0, 0.1) is 5.82 Å². The zero-order chi connectivity index (χ0) is 13.7. The highest BCUT2D eigenvalue weighted by Gasteiger charge is 2.14. The third kappa shape index (κ3) is 4.21. The van der Waals surface area contributed by atoms with E-state index in [0.29, 0.717) is 6.04 Å². The Morgan fingerprint density at radius 3 is 2.47 bits per heavy atom. The molecule has 0 fully saturated rings. The summed E-state index contributed by atoms with van der Waals surface area (Å²) < 4.78 is 18.4. The summed E-state index contributed by atoms with van der Waals surface area (Å²) in [5.74, 6) is 1.05. The molecule has 0 bridgehead atoms. The third-order valence-corrected chi connectivity index (χ3v) is 3.14. The molecule has 0 saturated heterocycles. The molecule has 2 rings (SSSR count). The van der Waals surface area contributed by atoms with E-state index in [0.717, 1.165) is 24.3 Å². The number of halogens is 1. The summed E-state index contributed by atoms with van der Waals surface area (Å²) in [6.07, 6.45) is 2.51. The van der Waals surface area contributed by atoms with Crippen LogP contribution in [0.4, 0.5) is 4.39 Å². The Balaban J connectivity index is 2.11. The summed E-state index contributed by atoms with van der Waals surface area (Å²) in [5.41, 5.74) is 1.13. The molecule has 0 amide bonds. The predicted molar refractivity (Wildman–Crippen MR) is 74.7 cm³/mol. The molecule has 2 aromatic rings. The number of furan rings is 1. The molecular formula is C16H20FNO. The second kappa shape index (κ2) is 6.53. The Bertz CT molecular complexity index is 476. The minimum atomic E-state index is -0.197. The van der Waals surface area contributed by atoms with Gasteiger partial charge in [0, 0.05) is 24.9 Å². The largest absolute Gasteiger partial charge is 0.469 e. The van der Waals surface area contributed by atoms with Gasteiger partial charge < -0.3 is 9.73 Å². The Hall–Kier alpha value is -1.61. The Labute approximate surface area is 113 Å². The lowest BCUT2D eigenvalue weighted by Gasteiger charge is -2.19. The summed E-state index contributed by atoms with van der Waals surface area (Å²) in [7, 11) is 0. The molecule has 19 heavy (non-hydrogen) atoms. The van der Waals surface area contributed by atoms with E-state index in [1.54, 1.807) is 6.26 Å². The molecule has 1 aromatic heterocycles. The van der Waals surface area contributed by atoms with Gasteiger partial charge in [-0.15, -0.1) is 0 Å². The van der Waals surface area contributed by atoms with E-state index >= 15 is 0 Å². The molecule has 0 saturated carbocycles. The first-order chi connectivity index (χ1) is 9.15. The first kappa shape index (κ1) is 13.8. The number of benzene rings is 1. The first-order valence-electron chi connectivity index (χ1n) is 6.66. The van der Waals surface area contributed by atoms with E-state index in [2.05, 4.69) is 19.2 Å². The zero-order valence-electron chi connectivity index (χ0n) is 11.4. The zero-order valence-corrected chi connectivity index (χ0v) is 11.4. The number of hydrogen-bond donors (Lipinski definition) is 1. The van der Waals surface area contributed by atoms with Crippen LogP contribution in [0.25, 0.3) is 0 Å². The smallest absolute Gasteiger partial charge is 0.123 e. The molecule has 1 aromatic carbocycles. The highest BCUT2D eigenvalue weighted by atomic mass is 19.1. The van der Waals surface area contributed by atoms with Crippen LogP contribution in [0.5, 0.6) is 0 Å². The van der Waals surface area contributed by atoms with Crippen LogP contribution < -0.4 is 5.32 Å². The van der Waals surface area contributed by atoms with Gasteiger partial charge in [0.1, 0.15) is 11.6 Å². The minimum Gasteiger partial charge on any atom is -0.469 e. The second-order valence-electron chi connectivity index (χ2n) is 5.09. The Morgan fingerprint density at radius 2 is 1.89 bits per heavy atom. The van der Waals surface area contributed by atoms with Crippen molar-refractivity contribution in [3.05, 3.63) is 59.8 Å². The Morgan fingerprint density at radius 1 is 1.16 bits per heavy atom. The van der Waals surface area contributed by atoms with E-state index in [1.165, 1.54) is 12.1 Å². The van der Waals surface area contributed by atoms with Crippen molar-refractivity contribution in [2.24, 2.45) is 0 Å². The van der Waals surface area contributed by atoms with Crippen LogP contribution in [0.2, 0.25) is 0 Å². The highest BCUT2D eigenvalue weighted by molar-refractivity contribution is 5.22. The van der Waals surface area contributed by atoms with E-state index < -0.39 is 0 Å². The Kier molecular flexibility index (Phi) is 4.74. The van der Waals surface area contributed by atoms with E-state index in [1.807, 2.05) is 24.3 Å². The lowest BCUT2D eigenvalue weighted by atomic mass is 9.94. The van der Waals surface area contributed by atoms with Crippen LogP contribution >= 0.6 is 0 Å². The monoisotopic (exact) mass is 261 g/mol. The van der Waals surface area contributed by atoms with Gasteiger partial charge in [-0.05, 0) is 29.8 Å². The summed E-state index contributed by atoms with van der Waals surface area (Å²) in [4.78, 5) is 0. The van der Waals surface area contributed by atoms with Crippen molar-refractivity contribution in [1.82, 2.24) is 5.32 Å². The average molecular weight is 261 g/mol. The molecule has 0 spiro atoms. The average Bonchev–Trinajstić information content (AvgIpc) is 2.88. The van der Waals surface area contributed by atoms with Gasteiger partial charge in [-0.25, -0.2) is 4.39 Å². The molecule has 1 unspecified atom stereocenters. The predicted octanol–water partition coefficient (Wildman–Crippen LogP) is 3.74. The summed E-state index contributed by atoms with van der Waals surface area (Å²) >= 11 is 0. The van der Waals surface area contributed by atoms with Crippen LogP contribution in [-0.4, -0.2) is 12.6 Å². The highest BCUT2D eigenvalue weighted by Crippen LogP contribution is 2.21. The molecule has 0 aliphatic rings. The van der Waals surface area contributed by atoms with Crippen molar-refractivity contribution in [1.29, 1.82) is 0 Å². The van der Waals surface area contributed by atoms with Gasteiger partial charge in [0.25, 0.3) is 0 Å². The fourth-order valence-corrected chi connectivity index (χ4v) is 2.09. The van der Waals surface area contributed by atoms with E-state index in [9.17, 15) is 4.39 Å². The van der Waals surface area contributed by atoms with Crippen LogP contribution in [0.1, 0.15) is 31.1 Å². The number of nitrogens with one attached hydrogen (secondary N) is 1. The SMILES string of the molecule is CC(C)NCC(Cc1ccco1)c1ccc(F)cc1. The van der Waals surface area contributed by atoms with Crippen molar-refractivity contribution in [3.63, 3.8) is 0 Å². The van der Waals surface area contributed by atoms with E-state index in [4.69, 9.17) is 4.42 Å². The maximum Gasteiger partial charge on any atom is 0.123 e. The van der Waals surface area contributed by atoms with Crippen LogP contribution in [0.15, 0.2) is 47.1 Å². The molecule has 1 N–H and O–H groups in total. The van der Waals surface area contributed by atoms with Crippen molar-refractivity contribution < 1.29 is 8.81 Å². The first-order valence-corrected chi connectivity index (χ1v) is 6.66. The van der Waals surface area contributed by atoms with Gasteiger partial charge in [0.05, 0.1) is 6.26 Å². The lowest BCUT2D eigenvalue weighted by molar-refractivity contribution is 0.461. The summed E-state index contributed by atoms with van der Waals surface area (Å²) in [5, 5.41) is 3.44. The van der Waals surface area contributed by atoms with Gasteiger partial charge in [-0.1, -0.05) is 26.0 Å². The van der Waals surface area contributed by atoms with Crippen molar-refractivity contribution in [2.45, 2.75) is 32.2 Å². The molecular weight excluding hydrogens is 241 g/mol. The topological polar surface area (TPSA) is 25.2 Å². The standard InChI is InChI=1S/C16H20FNO/c1-12(2)18-11-14(10-16-4-3-9-19-16)13-5-7-15(17)8-6-13/h3-9,12,14,18H,10-11H2,1-2H3.